The Morgan fingerprint density at radius 1 is 1.46 bits per heavy atom. The van der Waals surface area contributed by atoms with E-state index < -0.39 is 0 Å². The minimum Gasteiger partial charge on any atom is -0.486 e. The first-order chi connectivity index (χ1) is 11.7. The van der Waals surface area contributed by atoms with E-state index in [-0.39, 0.29) is 24.7 Å². The van der Waals surface area contributed by atoms with E-state index in [1.807, 2.05) is 12.1 Å². The third-order valence-corrected chi connectivity index (χ3v) is 4.06. The summed E-state index contributed by atoms with van der Waals surface area (Å²) in [5.74, 6) is 0.508. The van der Waals surface area contributed by atoms with Crippen molar-refractivity contribution in [1.29, 1.82) is 0 Å². The number of aliphatic hydroxyl groups is 1. The van der Waals surface area contributed by atoms with Crippen LogP contribution < -0.4 is 10.1 Å². The Balaban J connectivity index is 1.66. The molecule has 24 heavy (non-hydrogen) atoms. The number of hydrogen-bond acceptors (Lipinski definition) is 5. The Hall–Kier alpha value is -2.38. The van der Waals surface area contributed by atoms with Crippen LogP contribution >= 0.6 is 0 Å². The van der Waals surface area contributed by atoms with E-state index in [1.54, 1.807) is 30.1 Å². The summed E-state index contributed by atoms with van der Waals surface area (Å²) in [4.78, 5) is 16.3. The summed E-state index contributed by atoms with van der Waals surface area (Å²) < 4.78 is 13.1. The molecule has 0 saturated carbocycles. The summed E-state index contributed by atoms with van der Waals surface area (Å²) in [7, 11) is 1.78. The van der Waals surface area contributed by atoms with E-state index in [9.17, 15) is 4.79 Å². The fourth-order valence-corrected chi connectivity index (χ4v) is 2.66. The van der Waals surface area contributed by atoms with Crippen molar-refractivity contribution in [2.24, 2.45) is 7.05 Å². The summed E-state index contributed by atoms with van der Waals surface area (Å²) in [6, 6.07) is 7.09. The van der Waals surface area contributed by atoms with Gasteiger partial charge in [-0.05, 0) is 24.1 Å². The number of amides is 1. The van der Waals surface area contributed by atoms with Crippen LogP contribution in [-0.2, 0) is 18.4 Å². The number of hydrogen-bond donors (Lipinski definition) is 2. The molecule has 7 heteroatoms. The summed E-state index contributed by atoms with van der Waals surface area (Å²) in [5.41, 5.74) is 1.33. The van der Waals surface area contributed by atoms with Crippen LogP contribution in [0.1, 0.15) is 22.5 Å². The Morgan fingerprint density at radius 3 is 2.92 bits per heavy atom. The minimum atomic E-state index is -0.268. The van der Waals surface area contributed by atoms with Crippen LogP contribution in [0, 0.1) is 0 Å². The van der Waals surface area contributed by atoms with Crippen molar-refractivity contribution in [3.8, 4) is 5.75 Å². The zero-order valence-electron chi connectivity index (χ0n) is 13.5. The molecule has 2 N–H and O–H groups in total. The number of nitrogens with zero attached hydrogens (tertiary/aromatic N) is 2. The van der Waals surface area contributed by atoms with Crippen LogP contribution in [-0.4, -0.2) is 45.9 Å². The molecule has 1 aliphatic heterocycles. The molecule has 7 nitrogen and oxygen atoms in total. The third kappa shape index (κ3) is 3.74. The SMILES string of the molecule is Cn1cncc1C(=O)N[C@@H]1CCOC[C@H]1Oc1ccc(CO)cc1. The van der Waals surface area contributed by atoms with Gasteiger partial charge in [0.2, 0.25) is 0 Å². The average molecular weight is 331 g/mol. The van der Waals surface area contributed by atoms with Crippen molar-refractivity contribution in [2.45, 2.75) is 25.2 Å². The van der Waals surface area contributed by atoms with E-state index in [0.29, 0.717) is 31.1 Å². The Bertz CT molecular complexity index is 683. The molecule has 1 fully saturated rings. The predicted molar refractivity (Wildman–Crippen MR) is 86.7 cm³/mol. The second-order valence-electron chi connectivity index (χ2n) is 5.79. The van der Waals surface area contributed by atoms with Gasteiger partial charge in [-0.2, -0.15) is 0 Å². The van der Waals surface area contributed by atoms with Crippen LogP contribution in [0.4, 0.5) is 0 Å². The standard InChI is InChI=1S/C17H21N3O4/c1-20-11-18-8-15(20)17(22)19-14-6-7-23-10-16(14)24-13-4-2-12(9-21)3-5-13/h2-5,8,11,14,16,21H,6-7,9-10H2,1H3,(H,19,22)/t14-,16-/m1/s1. The zero-order valence-corrected chi connectivity index (χ0v) is 13.5. The molecule has 2 aromatic rings. The fourth-order valence-electron chi connectivity index (χ4n) is 2.66. The smallest absolute Gasteiger partial charge is 0.269 e. The van der Waals surface area contributed by atoms with Gasteiger partial charge in [-0.3, -0.25) is 4.79 Å². The van der Waals surface area contributed by atoms with Crippen molar-refractivity contribution < 1.29 is 19.4 Å². The van der Waals surface area contributed by atoms with Gasteiger partial charge in [0.05, 0.1) is 31.8 Å². The molecule has 128 valence electrons. The first kappa shape index (κ1) is 16.5. The number of carbonyl (C=O) groups is 1. The van der Waals surface area contributed by atoms with Crippen LogP contribution in [0.25, 0.3) is 0 Å². The highest BCUT2D eigenvalue weighted by molar-refractivity contribution is 5.92. The molecule has 0 unspecified atom stereocenters. The number of aromatic nitrogens is 2. The molecule has 1 aromatic carbocycles. The molecule has 2 atom stereocenters. The summed E-state index contributed by atoms with van der Waals surface area (Å²) in [5, 5.41) is 12.1. The molecule has 0 spiro atoms. The summed E-state index contributed by atoms with van der Waals surface area (Å²) in [6.45, 7) is 0.994. The van der Waals surface area contributed by atoms with E-state index in [2.05, 4.69) is 10.3 Å². The number of benzene rings is 1. The molecule has 3 rings (SSSR count). The van der Waals surface area contributed by atoms with Gasteiger partial charge in [0.25, 0.3) is 5.91 Å². The Morgan fingerprint density at radius 2 is 2.25 bits per heavy atom. The predicted octanol–water partition coefficient (Wildman–Crippen LogP) is 0.879. The first-order valence-corrected chi connectivity index (χ1v) is 7.89. The van der Waals surface area contributed by atoms with Gasteiger partial charge < -0.3 is 24.5 Å². The Kier molecular flexibility index (Phi) is 5.12. The second kappa shape index (κ2) is 7.46. The maximum atomic E-state index is 12.4. The summed E-state index contributed by atoms with van der Waals surface area (Å²) in [6.07, 6.45) is 3.55. The van der Waals surface area contributed by atoms with Crippen molar-refractivity contribution in [3.05, 3.63) is 48.0 Å². The van der Waals surface area contributed by atoms with Crippen molar-refractivity contribution in [1.82, 2.24) is 14.9 Å². The van der Waals surface area contributed by atoms with Crippen LogP contribution in [0.2, 0.25) is 0 Å². The van der Waals surface area contributed by atoms with Crippen molar-refractivity contribution >= 4 is 5.91 Å². The van der Waals surface area contributed by atoms with Gasteiger partial charge in [-0.15, -0.1) is 0 Å². The fraction of sp³-hybridized carbons (Fsp3) is 0.412. The average Bonchev–Trinajstić information content (AvgIpc) is 3.03. The van der Waals surface area contributed by atoms with E-state index in [4.69, 9.17) is 14.6 Å². The lowest BCUT2D eigenvalue weighted by Gasteiger charge is -2.32. The highest BCUT2D eigenvalue weighted by Gasteiger charge is 2.29. The largest absolute Gasteiger partial charge is 0.486 e. The number of imidazole rings is 1. The van der Waals surface area contributed by atoms with E-state index in [1.165, 1.54) is 6.20 Å². The van der Waals surface area contributed by atoms with Gasteiger partial charge >= 0.3 is 0 Å². The lowest BCUT2D eigenvalue weighted by molar-refractivity contribution is -0.0136. The molecular weight excluding hydrogens is 310 g/mol. The summed E-state index contributed by atoms with van der Waals surface area (Å²) >= 11 is 0. The highest BCUT2D eigenvalue weighted by Crippen LogP contribution is 2.19. The van der Waals surface area contributed by atoms with Gasteiger partial charge in [-0.25, -0.2) is 4.98 Å². The van der Waals surface area contributed by atoms with Gasteiger partial charge in [0.15, 0.2) is 0 Å². The number of ether oxygens (including phenoxy) is 2. The van der Waals surface area contributed by atoms with Gasteiger partial charge in [0.1, 0.15) is 17.5 Å². The van der Waals surface area contributed by atoms with Gasteiger partial charge in [-0.1, -0.05) is 12.1 Å². The number of aryl methyl sites for hydroxylation is 1. The van der Waals surface area contributed by atoms with Crippen LogP contribution in [0.5, 0.6) is 5.75 Å². The molecule has 0 aliphatic carbocycles. The molecule has 2 heterocycles. The van der Waals surface area contributed by atoms with E-state index in [0.717, 1.165) is 5.56 Å². The highest BCUT2D eigenvalue weighted by atomic mass is 16.5. The number of rotatable bonds is 5. The monoisotopic (exact) mass is 331 g/mol. The molecule has 1 amide bonds. The lowest BCUT2D eigenvalue weighted by Crippen LogP contribution is -2.51. The normalized spacial score (nSPS) is 20.6. The second-order valence-corrected chi connectivity index (χ2v) is 5.79. The minimum absolute atomic E-state index is 0.00377. The van der Waals surface area contributed by atoms with Crippen molar-refractivity contribution in [3.63, 3.8) is 0 Å². The maximum absolute atomic E-state index is 12.4. The van der Waals surface area contributed by atoms with Crippen molar-refractivity contribution in [2.75, 3.05) is 13.2 Å². The first-order valence-electron chi connectivity index (χ1n) is 7.89. The molecular formula is C17H21N3O4. The van der Waals surface area contributed by atoms with E-state index >= 15 is 0 Å². The molecule has 1 saturated heterocycles. The topological polar surface area (TPSA) is 85.6 Å². The molecule has 0 bridgehead atoms. The lowest BCUT2D eigenvalue weighted by atomic mass is 10.1. The van der Waals surface area contributed by atoms with Crippen LogP contribution in [0.15, 0.2) is 36.8 Å². The number of nitrogens with one attached hydrogen (secondary N) is 1. The molecule has 0 radical (unpaired) electrons. The van der Waals surface area contributed by atoms with Crippen LogP contribution in [0.3, 0.4) is 0 Å². The number of aliphatic hydroxyl groups excluding tert-OH is 1. The third-order valence-electron chi connectivity index (χ3n) is 4.06. The molecule has 1 aliphatic rings. The van der Waals surface area contributed by atoms with Gasteiger partial charge in [0, 0.05) is 13.7 Å². The number of carbonyl (C=O) groups excluding carboxylic acids is 1. The quantitative estimate of drug-likeness (QED) is 0.849. The molecule has 1 aromatic heterocycles. The zero-order chi connectivity index (χ0) is 16.9. The maximum Gasteiger partial charge on any atom is 0.269 e. The Labute approximate surface area is 140 Å².